The molecule has 1 aliphatic heterocycles. The number of fused-ring (bicyclic) bond motifs is 1. The summed E-state index contributed by atoms with van der Waals surface area (Å²) in [5.74, 6) is -0.245. The van der Waals surface area contributed by atoms with Crippen LogP contribution in [-0.4, -0.2) is 37.6 Å². The van der Waals surface area contributed by atoms with Crippen LogP contribution in [0.5, 0.6) is 5.75 Å². The minimum atomic E-state index is -0.512. The van der Waals surface area contributed by atoms with Gasteiger partial charge in [0.25, 0.3) is 5.91 Å². The van der Waals surface area contributed by atoms with E-state index in [4.69, 9.17) is 16.3 Å². The quantitative estimate of drug-likeness (QED) is 0.853. The summed E-state index contributed by atoms with van der Waals surface area (Å²) < 4.78 is 18.6. The molecule has 0 aromatic heterocycles. The van der Waals surface area contributed by atoms with Gasteiger partial charge in [-0.25, -0.2) is 4.39 Å². The Morgan fingerprint density at radius 3 is 2.83 bits per heavy atom. The number of amides is 1. The maximum absolute atomic E-state index is 13.1. The first-order valence-electron chi connectivity index (χ1n) is 7.69. The van der Waals surface area contributed by atoms with Crippen molar-refractivity contribution in [2.24, 2.45) is 0 Å². The van der Waals surface area contributed by atoms with E-state index in [2.05, 4.69) is 11.0 Å². The van der Waals surface area contributed by atoms with E-state index in [1.54, 1.807) is 4.90 Å². The number of ether oxygens (including phenoxy) is 1. The number of halogens is 2. The Hall–Kier alpha value is -2.27. The molecular formula is C18H18ClFN2O2. The predicted molar refractivity (Wildman–Crippen MR) is 92.0 cm³/mol. The summed E-state index contributed by atoms with van der Waals surface area (Å²) in [6.45, 7) is 1.82. The Labute approximate surface area is 145 Å². The summed E-state index contributed by atoms with van der Waals surface area (Å²) in [6.07, 6.45) is 0. The number of carbonyl (C=O) groups excluding carboxylic acids is 1. The first kappa shape index (κ1) is 16.6. The van der Waals surface area contributed by atoms with Gasteiger partial charge in [0.1, 0.15) is 11.6 Å². The Kier molecular flexibility index (Phi) is 4.90. The molecule has 0 N–H and O–H groups in total. The highest BCUT2D eigenvalue weighted by Crippen LogP contribution is 2.24. The summed E-state index contributed by atoms with van der Waals surface area (Å²) >= 11 is 5.72. The monoisotopic (exact) mass is 348 g/mol. The normalized spacial score (nSPS) is 14.1. The molecule has 0 bridgehead atoms. The van der Waals surface area contributed by atoms with Gasteiger partial charge >= 0.3 is 0 Å². The highest BCUT2D eigenvalue weighted by Gasteiger charge is 2.21. The molecule has 2 aromatic rings. The molecule has 0 atom stereocenters. The Balaban J connectivity index is 1.66. The van der Waals surface area contributed by atoms with Gasteiger partial charge < -0.3 is 14.5 Å². The van der Waals surface area contributed by atoms with E-state index in [1.807, 2.05) is 25.2 Å². The second kappa shape index (κ2) is 7.09. The minimum absolute atomic E-state index is 0.0229. The number of likely N-dealkylation sites (N-methyl/N-ethyl adjacent to an activating group) is 1. The van der Waals surface area contributed by atoms with Gasteiger partial charge in [-0.2, -0.15) is 0 Å². The van der Waals surface area contributed by atoms with E-state index >= 15 is 0 Å². The average molecular weight is 349 g/mol. The van der Waals surface area contributed by atoms with Gasteiger partial charge in [0.15, 0.2) is 6.61 Å². The lowest BCUT2D eigenvalue weighted by Gasteiger charge is -2.21. The number of para-hydroxylation sites is 1. The zero-order valence-electron chi connectivity index (χ0n) is 13.3. The van der Waals surface area contributed by atoms with Gasteiger partial charge in [0, 0.05) is 38.4 Å². The van der Waals surface area contributed by atoms with Crippen molar-refractivity contribution in [1.82, 2.24) is 4.90 Å². The summed E-state index contributed by atoms with van der Waals surface area (Å²) in [7, 11) is 2.02. The molecule has 0 unspecified atom stereocenters. The van der Waals surface area contributed by atoms with Gasteiger partial charge in [-0.1, -0.05) is 29.8 Å². The maximum Gasteiger partial charge on any atom is 0.260 e. The van der Waals surface area contributed by atoms with Crippen molar-refractivity contribution in [1.29, 1.82) is 0 Å². The Bertz CT molecular complexity index is 754. The Morgan fingerprint density at radius 2 is 2.04 bits per heavy atom. The molecule has 24 heavy (non-hydrogen) atoms. The fourth-order valence-corrected chi connectivity index (χ4v) is 2.88. The Morgan fingerprint density at radius 1 is 1.25 bits per heavy atom. The molecule has 0 spiro atoms. The van der Waals surface area contributed by atoms with Gasteiger partial charge in [-0.05, 0) is 23.8 Å². The zero-order chi connectivity index (χ0) is 17.1. The average Bonchev–Trinajstić information content (AvgIpc) is 2.75. The number of hydrogen-bond donors (Lipinski definition) is 0. The summed E-state index contributed by atoms with van der Waals surface area (Å²) in [5, 5.41) is -0.0229. The molecule has 2 aromatic carbocycles. The van der Waals surface area contributed by atoms with Crippen LogP contribution in [0.3, 0.4) is 0 Å². The van der Waals surface area contributed by atoms with E-state index < -0.39 is 5.82 Å². The molecule has 0 fully saturated rings. The fourth-order valence-electron chi connectivity index (χ4n) is 2.71. The highest BCUT2D eigenvalue weighted by atomic mass is 35.5. The van der Waals surface area contributed by atoms with Crippen molar-refractivity contribution < 1.29 is 13.9 Å². The standard InChI is InChI=1S/C18H18ClFN2O2/c1-21-8-9-22(11-13-4-2-3-5-17(13)21)18(23)12-24-14-6-7-16(20)15(19)10-14/h2-7,10H,8-9,11-12H2,1H3. The zero-order valence-corrected chi connectivity index (χ0v) is 14.1. The lowest BCUT2D eigenvalue weighted by Crippen LogP contribution is -2.37. The van der Waals surface area contributed by atoms with Crippen molar-refractivity contribution in [3.63, 3.8) is 0 Å². The summed E-state index contributed by atoms with van der Waals surface area (Å²) in [5.41, 5.74) is 2.25. The maximum atomic E-state index is 13.1. The predicted octanol–water partition coefficient (Wildman–Crippen LogP) is 3.34. The van der Waals surface area contributed by atoms with Crippen LogP contribution in [0.15, 0.2) is 42.5 Å². The molecular weight excluding hydrogens is 331 g/mol. The van der Waals surface area contributed by atoms with E-state index in [0.29, 0.717) is 18.8 Å². The van der Waals surface area contributed by atoms with Crippen molar-refractivity contribution in [3.8, 4) is 5.75 Å². The third-order valence-electron chi connectivity index (χ3n) is 4.08. The number of hydrogen-bond acceptors (Lipinski definition) is 3. The molecule has 4 nitrogen and oxygen atoms in total. The lowest BCUT2D eigenvalue weighted by atomic mass is 10.1. The smallest absolute Gasteiger partial charge is 0.260 e. The van der Waals surface area contributed by atoms with Crippen LogP contribution in [0.25, 0.3) is 0 Å². The van der Waals surface area contributed by atoms with Crippen molar-refractivity contribution in [2.45, 2.75) is 6.54 Å². The molecule has 6 heteroatoms. The molecule has 1 amide bonds. The number of carbonyl (C=O) groups is 1. The van der Waals surface area contributed by atoms with E-state index in [1.165, 1.54) is 18.2 Å². The molecule has 1 heterocycles. The second-order valence-electron chi connectivity index (χ2n) is 5.73. The van der Waals surface area contributed by atoms with Crippen molar-refractivity contribution in [2.75, 3.05) is 31.6 Å². The number of benzene rings is 2. The molecule has 0 saturated carbocycles. The third-order valence-corrected chi connectivity index (χ3v) is 4.37. The number of anilines is 1. The van der Waals surface area contributed by atoms with E-state index in [-0.39, 0.29) is 17.5 Å². The van der Waals surface area contributed by atoms with Gasteiger partial charge in [-0.3, -0.25) is 4.79 Å². The molecule has 1 aliphatic rings. The summed E-state index contributed by atoms with van der Waals surface area (Å²) in [4.78, 5) is 16.4. The lowest BCUT2D eigenvalue weighted by molar-refractivity contribution is -0.133. The molecule has 126 valence electrons. The van der Waals surface area contributed by atoms with E-state index in [9.17, 15) is 9.18 Å². The topological polar surface area (TPSA) is 32.8 Å². The first-order valence-corrected chi connectivity index (χ1v) is 8.07. The van der Waals surface area contributed by atoms with Crippen LogP contribution in [0.4, 0.5) is 10.1 Å². The van der Waals surface area contributed by atoms with Crippen LogP contribution < -0.4 is 9.64 Å². The second-order valence-corrected chi connectivity index (χ2v) is 6.14. The molecule has 0 aliphatic carbocycles. The molecule has 0 radical (unpaired) electrons. The summed E-state index contributed by atoms with van der Waals surface area (Å²) in [6, 6.07) is 12.1. The van der Waals surface area contributed by atoms with Crippen LogP contribution in [0.2, 0.25) is 5.02 Å². The number of rotatable bonds is 3. The fraction of sp³-hybridized carbons (Fsp3) is 0.278. The van der Waals surface area contributed by atoms with Gasteiger partial charge in [-0.15, -0.1) is 0 Å². The minimum Gasteiger partial charge on any atom is -0.484 e. The van der Waals surface area contributed by atoms with E-state index in [0.717, 1.165) is 17.8 Å². The van der Waals surface area contributed by atoms with Crippen LogP contribution in [0.1, 0.15) is 5.56 Å². The van der Waals surface area contributed by atoms with Gasteiger partial charge in [0.05, 0.1) is 5.02 Å². The van der Waals surface area contributed by atoms with Crippen molar-refractivity contribution >= 4 is 23.2 Å². The number of nitrogens with zero attached hydrogens (tertiary/aromatic N) is 2. The van der Waals surface area contributed by atoms with Crippen molar-refractivity contribution in [3.05, 3.63) is 58.9 Å². The first-order chi connectivity index (χ1) is 11.5. The SMILES string of the molecule is CN1CCN(C(=O)COc2ccc(F)c(Cl)c2)Cc2ccccc21. The van der Waals surface area contributed by atoms with Crippen LogP contribution in [0, 0.1) is 5.82 Å². The molecule has 0 saturated heterocycles. The van der Waals surface area contributed by atoms with Gasteiger partial charge in [0.2, 0.25) is 0 Å². The highest BCUT2D eigenvalue weighted by molar-refractivity contribution is 6.30. The molecule has 3 rings (SSSR count). The van der Waals surface area contributed by atoms with Crippen LogP contribution in [-0.2, 0) is 11.3 Å². The van der Waals surface area contributed by atoms with Crippen LogP contribution >= 0.6 is 11.6 Å². The third kappa shape index (κ3) is 3.62. The largest absolute Gasteiger partial charge is 0.484 e.